The number of rotatable bonds is 6. The van der Waals surface area contributed by atoms with Gasteiger partial charge in [-0.2, -0.15) is 0 Å². The Bertz CT molecular complexity index is 383. The van der Waals surface area contributed by atoms with Crippen molar-refractivity contribution in [1.29, 1.82) is 0 Å². The fraction of sp³-hybridized carbons (Fsp3) is 0.647. The Hall–Kier alpha value is -1.02. The Kier molecular flexibility index (Phi) is 5.26. The van der Waals surface area contributed by atoms with E-state index in [9.17, 15) is 0 Å². The van der Waals surface area contributed by atoms with Crippen molar-refractivity contribution in [2.24, 2.45) is 11.7 Å². The van der Waals surface area contributed by atoms with Crippen LogP contribution >= 0.6 is 0 Å². The Morgan fingerprint density at radius 3 is 2.68 bits per heavy atom. The summed E-state index contributed by atoms with van der Waals surface area (Å²) in [4.78, 5) is 0. The third-order valence-electron chi connectivity index (χ3n) is 4.02. The summed E-state index contributed by atoms with van der Waals surface area (Å²) in [5.41, 5.74) is 7.52. The van der Waals surface area contributed by atoms with Crippen LogP contribution in [0.15, 0.2) is 24.3 Å². The summed E-state index contributed by atoms with van der Waals surface area (Å²) in [6.45, 7) is 4.10. The van der Waals surface area contributed by atoms with Gasteiger partial charge in [-0.3, -0.25) is 0 Å². The number of hydrogen-bond acceptors (Lipinski definition) is 2. The second-order valence-corrected chi connectivity index (χ2v) is 6.07. The predicted octanol–water partition coefficient (Wildman–Crippen LogP) is 4.44. The quantitative estimate of drug-likeness (QED) is 0.821. The molecule has 0 amide bonds. The fourth-order valence-electron chi connectivity index (χ4n) is 2.97. The Labute approximate surface area is 117 Å². The average Bonchev–Trinajstić information content (AvgIpc) is 2.88. The van der Waals surface area contributed by atoms with Crippen LogP contribution in [-0.2, 0) is 0 Å². The number of hydrogen-bond donors (Lipinski definition) is 1. The van der Waals surface area contributed by atoms with Gasteiger partial charge < -0.3 is 10.5 Å². The molecule has 0 heterocycles. The van der Waals surface area contributed by atoms with Crippen LogP contribution < -0.4 is 10.5 Å². The molecule has 0 aliphatic heterocycles. The number of nitrogens with two attached hydrogens (primary N) is 1. The van der Waals surface area contributed by atoms with Crippen LogP contribution in [0.4, 0.5) is 0 Å². The van der Waals surface area contributed by atoms with Gasteiger partial charge in [-0.1, -0.05) is 37.8 Å². The lowest BCUT2D eigenvalue weighted by atomic mass is 9.95. The van der Waals surface area contributed by atoms with E-state index in [0.717, 1.165) is 18.1 Å². The van der Waals surface area contributed by atoms with Crippen molar-refractivity contribution < 1.29 is 4.74 Å². The molecule has 2 nitrogen and oxygen atoms in total. The predicted molar refractivity (Wildman–Crippen MR) is 80.3 cm³/mol. The van der Waals surface area contributed by atoms with Crippen LogP contribution in [0, 0.1) is 5.92 Å². The van der Waals surface area contributed by atoms with E-state index in [4.69, 9.17) is 10.5 Å². The van der Waals surface area contributed by atoms with E-state index in [2.05, 4.69) is 12.1 Å². The second-order valence-electron chi connectivity index (χ2n) is 6.07. The zero-order valence-electron chi connectivity index (χ0n) is 12.3. The summed E-state index contributed by atoms with van der Waals surface area (Å²) in [5, 5.41) is 0. The molecule has 2 N–H and O–H groups in total. The molecule has 0 bridgehead atoms. The summed E-state index contributed by atoms with van der Waals surface area (Å²) < 4.78 is 5.73. The largest absolute Gasteiger partial charge is 0.491 e. The van der Waals surface area contributed by atoms with Gasteiger partial charge in [-0.05, 0) is 50.3 Å². The summed E-state index contributed by atoms with van der Waals surface area (Å²) in [6.07, 6.45) is 8.22. The lowest BCUT2D eigenvalue weighted by molar-refractivity contribution is 0.242. The first kappa shape index (κ1) is 14.4. The molecular weight excluding hydrogens is 234 g/mol. The highest BCUT2D eigenvalue weighted by molar-refractivity contribution is 5.30. The van der Waals surface area contributed by atoms with Gasteiger partial charge in [0, 0.05) is 6.04 Å². The minimum atomic E-state index is 0.149. The van der Waals surface area contributed by atoms with E-state index in [1.807, 2.05) is 26.0 Å². The van der Waals surface area contributed by atoms with E-state index in [0.29, 0.717) is 0 Å². The number of benzene rings is 1. The van der Waals surface area contributed by atoms with Gasteiger partial charge in [0.2, 0.25) is 0 Å². The van der Waals surface area contributed by atoms with Gasteiger partial charge in [-0.25, -0.2) is 0 Å². The summed E-state index contributed by atoms with van der Waals surface area (Å²) in [7, 11) is 0. The standard InChI is InChI=1S/C17H27NO/c1-13(2)19-16-9-5-8-15(12-16)17(18)11-10-14-6-3-4-7-14/h5,8-9,12-14,17H,3-4,6-7,10-11,18H2,1-2H3. The van der Waals surface area contributed by atoms with Crippen molar-refractivity contribution in [3.8, 4) is 5.75 Å². The van der Waals surface area contributed by atoms with Crippen LogP contribution in [0.5, 0.6) is 5.75 Å². The first-order chi connectivity index (χ1) is 9.15. The van der Waals surface area contributed by atoms with Gasteiger partial charge in [0.05, 0.1) is 6.10 Å². The first-order valence-corrected chi connectivity index (χ1v) is 7.67. The molecule has 19 heavy (non-hydrogen) atoms. The highest BCUT2D eigenvalue weighted by atomic mass is 16.5. The van der Waals surface area contributed by atoms with Crippen LogP contribution in [0.3, 0.4) is 0 Å². The molecule has 0 spiro atoms. The van der Waals surface area contributed by atoms with E-state index < -0.39 is 0 Å². The van der Waals surface area contributed by atoms with Gasteiger partial charge >= 0.3 is 0 Å². The minimum absolute atomic E-state index is 0.149. The molecule has 1 saturated carbocycles. The molecule has 0 aromatic heterocycles. The molecule has 0 radical (unpaired) electrons. The van der Waals surface area contributed by atoms with Crippen molar-refractivity contribution in [3.05, 3.63) is 29.8 Å². The van der Waals surface area contributed by atoms with Crippen LogP contribution in [0.25, 0.3) is 0 Å². The van der Waals surface area contributed by atoms with Gasteiger partial charge in [-0.15, -0.1) is 0 Å². The molecule has 2 rings (SSSR count). The van der Waals surface area contributed by atoms with Crippen molar-refractivity contribution >= 4 is 0 Å². The highest BCUT2D eigenvalue weighted by Crippen LogP contribution is 2.31. The maximum absolute atomic E-state index is 6.32. The van der Waals surface area contributed by atoms with Crippen molar-refractivity contribution in [2.75, 3.05) is 0 Å². The Morgan fingerprint density at radius 1 is 1.26 bits per heavy atom. The van der Waals surface area contributed by atoms with E-state index in [-0.39, 0.29) is 12.1 Å². The average molecular weight is 261 g/mol. The molecule has 1 aromatic carbocycles. The second kappa shape index (κ2) is 6.95. The molecule has 1 aromatic rings. The van der Waals surface area contributed by atoms with E-state index >= 15 is 0 Å². The zero-order valence-corrected chi connectivity index (χ0v) is 12.3. The molecule has 1 aliphatic carbocycles. The third-order valence-corrected chi connectivity index (χ3v) is 4.02. The maximum atomic E-state index is 6.32. The van der Waals surface area contributed by atoms with E-state index in [1.54, 1.807) is 0 Å². The van der Waals surface area contributed by atoms with Gasteiger partial charge in [0.25, 0.3) is 0 Å². The van der Waals surface area contributed by atoms with Crippen LogP contribution in [0.1, 0.15) is 64.0 Å². The molecule has 2 heteroatoms. The lowest BCUT2D eigenvalue weighted by Gasteiger charge is -2.17. The summed E-state index contributed by atoms with van der Waals surface area (Å²) in [6, 6.07) is 8.41. The third kappa shape index (κ3) is 4.54. The topological polar surface area (TPSA) is 35.2 Å². The van der Waals surface area contributed by atoms with Gasteiger partial charge in [0.15, 0.2) is 0 Å². The maximum Gasteiger partial charge on any atom is 0.120 e. The molecular formula is C17H27NO. The summed E-state index contributed by atoms with van der Waals surface area (Å²) in [5.74, 6) is 1.85. The van der Waals surface area contributed by atoms with Gasteiger partial charge in [0.1, 0.15) is 5.75 Å². The minimum Gasteiger partial charge on any atom is -0.491 e. The van der Waals surface area contributed by atoms with Crippen molar-refractivity contribution in [1.82, 2.24) is 0 Å². The number of ether oxygens (including phenoxy) is 1. The Morgan fingerprint density at radius 2 is 2.00 bits per heavy atom. The van der Waals surface area contributed by atoms with Crippen LogP contribution in [-0.4, -0.2) is 6.10 Å². The summed E-state index contributed by atoms with van der Waals surface area (Å²) >= 11 is 0. The molecule has 106 valence electrons. The zero-order chi connectivity index (χ0) is 13.7. The lowest BCUT2D eigenvalue weighted by Crippen LogP contribution is -2.12. The normalized spacial score (nSPS) is 17.9. The van der Waals surface area contributed by atoms with Crippen LogP contribution in [0.2, 0.25) is 0 Å². The SMILES string of the molecule is CC(C)Oc1cccc(C(N)CCC2CCCC2)c1. The Balaban J connectivity index is 1.88. The molecule has 1 unspecified atom stereocenters. The van der Waals surface area contributed by atoms with Crippen molar-refractivity contribution in [3.63, 3.8) is 0 Å². The van der Waals surface area contributed by atoms with E-state index in [1.165, 1.54) is 37.7 Å². The molecule has 1 atom stereocenters. The smallest absolute Gasteiger partial charge is 0.120 e. The molecule has 0 saturated heterocycles. The fourth-order valence-corrected chi connectivity index (χ4v) is 2.97. The monoisotopic (exact) mass is 261 g/mol. The molecule has 1 fully saturated rings. The molecule has 1 aliphatic rings. The highest BCUT2D eigenvalue weighted by Gasteiger charge is 2.16. The first-order valence-electron chi connectivity index (χ1n) is 7.67. The van der Waals surface area contributed by atoms with Crippen molar-refractivity contribution in [2.45, 2.75) is 64.5 Å².